The summed E-state index contributed by atoms with van der Waals surface area (Å²) < 4.78 is 29.1. The van der Waals surface area contributed by atoms with Crippen molar-refractivity contribution >= 4 is 10.0 Å². The van der Waals surface area contributed by atoms with Crippen molar-refractivity contribution in [3.8, 4) is 0 Å². The molecule has 0 aliphatic carbocycles. The normalized spacial score (nSPS) is 13.9. The van der Waals surface area contributed by atoms with Crippen molar-refractivity contribution < 1.29 is 8.42 Å². The molecule has 0 bridgehead atoms. The van der Waals surface area contributed by atoms with E-state index in [0.29, 0.717) is 0 Å². The van der Waals surface area contributed by atoms with E-state index in [1.807, 2.05) is 84.9 Å². The molecule has 3 rings (SSSR count). The molecule has 3 aromatic carbocycles. The van der Waals surface area contributed by atoms with Crippen LogP contribution in [-0.2, 0) is 15.8 Å². The maximum absolute atomic E-state index is 13.1. The fourth-order valence-electron chi connectivity index (χ4n) is 3.55. The summed E-state index contributed by atoms with van der Waals surface area (Å²) in [6.07, 6.45) is 0. The van der Waals surface area contributed by atoms with Gasteiger partial charge in [0, 0.05) is 0 Å². The minimum atomic E-state index is -3.62. The van der Waals surface area contributed by atoms with Crippen molar-refractivity contribution in [1.29, 1.82) is 0 Å². The SMILES string of the molecule is CC(C)c1ccccc1CS(=O)(=O)NC(c1ccccc1)C(N)c1ccccc1. The number of benzene rings is 3. The summed E-state index contributed by atoms with van der Waals surface area (Å²) in [4.78, 5) is 0. The van der Waals surface area contributed by atoms with Gasteiger partial charge in [0.05, 0.1) is 17.8 Å². The summed E-state index contributed by atoms with van der Waals surface area (Å²) in [5, 5.41) is 0. The number of nitrogens with one attached hydrogen (secondary N) is 1. The van der Waals surface area contributed by atoms with Gasteiger partial charge in [-0.1, -0.05) is 98.8 Å². The number of hydrogen-bond acceptors (Lipinski definition) is 3. The summed E-state index contributed by atoms with van der Waals surface area (Å²) in [5.41, 5.74) is 10.1. The Hall–Kier alpha value is -2.47. The molecule has 5 heteroatoms. The monoisotopic (exact) mass is 408 g/mol. The fourth-order valence-corrected chi connectivity index (χ4v) is 4.97. The van der Waals surface area contributed by atoms with E-state index >= 15 is 0 Å². The van der Waals surface area contributed by atoms with E-state index < -0.39 is 22.1 Å². The first-order valence-corrected chi connectivity index (χ1v) is 11.5. The van der Waals surface area contributed by atoms with Gasteiger partial charge in [-0.15, -0.1) is 0 Å². The van der Waals surface area contributed by atoms with Crippen LogP contribution in [0.4, 0.5) is 0 Å². The number of rotatable bonds is 8. The second-order valence-electron chi connectivity index (χ2n) is 7.56. The van der Waals surface area contributed by atoms with Gasteiger partial charge >= 0.3 is 0 Å². The molecule has 0 spiro atoms. The zero-order valence-electron chi connectivity index (χ0n) is 16.8. The highest BCUT2D eigenvalue weighted by molar-refractivity contribution is 7.88. The molecule has 0 aliphatic rings. The maximum atomic E-state index is 13.1. The lowest BCUT2D eigenvalue weighted by Crippen LogP contribution is -2.36. The number of sulfonamides is 1. The van der Waals surface area contributed by atoms with Crippen molar-refractivity contribution in [3.05, 3.63) is 107 Å². The van der Waals surface area contributed by atoms with Gasteiger partial charge < -0.3 is 5.73 Å². The Morgan fingerprint density at radius 2 is 1.31 bits per heavy atom. The highest BCUT2D eigenvalue weighted by Gasteiger charge is 2.27. The van der Waals surface area contributed by atoms with E-state index in [4.69, 9.17) is 5.73 Å². The first-order chi connectivity index (χ1) is 13.9. The second kappa shape index (κ2) is 9.35. The fraction of sp³-hybridized carbons (Fsp3) is 0.250. The third-order valence-corrected chi connectivity index (χ3v) is 6.34. The van der Waals surface area contributed by atoms with E-state index in [0.717, 1.165) is 22.3 Å². The quantitative estimate of drug-likeness (QED) is 0.569. The Morgan fingerprint density at radius 1 is 0.793 bits per heavy atom. The summed E-state index contributed by atoms with van der Waals surface area (Å²) in [6, 6.07) is 25.7. The van der Waals surface area contributed by atoms with Crippen LogP contribution in [0.5, 0.6) is 0 Å². The number of hydrogen-bond donors (Lipinski definition) is 2. The first-order valence-electron chi connectivity index (χ1n) is 9.80. The molecule has 0 amide bonds. The van der Waals surface area contributed by atoms with Gasteiger partial charge in [0.1, 0.15) is 0 Å². The van der Waals surface area contributed by atoms with E-state index in [2.05, 4.69) is 18.6 Å². The van der Waals surface area contributed by atoms with Crippen LogP contribution in [0.2, 0.25) is 0 Å². The highest BCUT2D eigenvalue weighted by Crippen LogP contribution is 2.28. The van der Waals surface area contributed by atoms with Crippen molar-refractivity contribution in [1.82, 2.24) is 4.72 Å². The minimum Gasteiger partial charge on any atom is -0.322 e. The Morgan fingerprint density at radius 3 is 1.90 bits per heavy atom. The van der Waals surface area contributed by atoms with Gasteiger partial charge in [-0.05, 0) is 28.2 Å². The van der Waals surface area contributed by atoms with Crippen molar-refractivity contribution in [3.63, 3.8) is 0 Å². The zero-order valence-corrected chi connectivity index (χ0v) is 17.6. The van der Waals surface area contributed by atoms with Crippen molar-refractivity contribution in [2.75, 3.05) is 0 Å². The van der Waals surface area contributed by atoms with Gasteiger partial charge in [-0.2, -0.15) is 0 Å². The van der Waals surface area contributed by atoms with Crippen LogP contribution in [0, 0.1) is 0 Å². The Balaban J connectivity index is 1.91. The third-order valence-electron chi connectivity index (χ3n) is 5.03. The lowest BCUT2D eigenvalue weighted by Gasteiger charge is -2.26. The topological polar surface area (TPSA) is 72.2 Å². The van der Waals surface area contributed by atoms with Crippen LogP contribution in [0.25, 0.3) is 0 Å². The average Bonchev–Trinajstić information content (AvgIpc) is 2.73. The molecule has 3 aromatic rings. The standard InChI is InChI=1S/C24H28N2O2S/c1-18(2)22-16-10-9-15-21(22)17-29(27,28)26-24(20-13-7-4-8-14-20)23(25)19-11-5-3-6-12-19/h3-16,18,23-24,26H,17,25H2,1-2H3. The summed E-state index contributed by atoms with van der Waals surface area (Å²) in [6.45, 7) is 4.13. The van der Waals surface area contributed by atoms with Crippen LogP contribution in [0.1, 0.15) is 54.1 Å². The predicted octanol–water partition coefficient (Wildman–Crippen LogP) is 4.67. The molecule has 0 saturated heterocycles. The van der Waals surface area contributed by atoms with Crippen molar-refractivity contribution in [2.45, 2.75) is 37.6 Å². The summed E-state index contributed by atoms with van der Waals surface area (Å²) >= 11 is 0. The van der Waals surface area contributed by atoms with Gasteiger partial charge in [0.2, 0.25) is 10.0 Å². The molecule has 3 N–H and O–H groups in total. The third kappa shape index (κ3) is 5.54. The predicted molar refractivity (Wildman–Crippen MR) is 119 cm³/mol. The minimum absolute atomic E-state index is 0.0772. The maximum Gasteiger partial charge on any atom is 0.216 e. The van der Waals surface area contributed by atoms with Crippen LogP contribution in [-0.4, -0.2) is 8.42 Å². The van der Waals surface area contributed by atoms with Crippen LogP contribution in [0.15, 0.2) is 84.9 Å². The molecular formula is C24H28N2O2S. The molecule has 0 fully saturated rings. The largest absolute Gasteiger partial charge is 0.322 e. The van der Waals surface area contributed by atoms with Gasteiger partial charge in [0.25, 0.3) is 0 Å². The van der Waals surface area contributed by atoms with E-state index in [-0.39, 0.29) is 11.7 Å². The second-order valence-corrected chi connectivity index (χ2v) is 9.31. The van der Waals surface area contributed by atoms with E-state index in [1.54, 1.807) is 0 Å². The van der Waals surface area contributed by atoms with Crippen LogP contribution >= 0.6 is 0 Å². The summed E-state index contributed by atoms with van der Waals surface area (Å²) in [7, 11) is -3.62. The smallest absolute Gasteiger partial charge is 0.216 e. The lowest BCUT2D eigenvalue weighted by atomic mass is 9.95. The molecule has 0 saturated carbocycles. The molecule has 4 nitrogen and oxygen atoms in total. The zero-order chi connectivity index (χ0) is 20.9. The molecule has 0 aliphatic heterocycles. The van der Waals surface area contributed by atoms with Gasteiger partial charge in [-0.25, -0.2) is 13.1 Å². The van der Waals surface area contributed by atoms with Gasteiger partial charge in [-0.3, -0.25) is 0 Å². The molecular weight excluding hydrogens is 380 g/mol. The van der Waals surface area contributed by atoms with Gasteiger partial charge in [0.15, 0.2) is 0 Å². The van der Waals surface area contributed by atoms with E-state index in [9.17, 15) is 8.42 Å². The number of nitrogens with two attached hydrogens (primary N) is 1. The van der Waals surface area contributed by atoms with E-state index in [1.165, 1.54) is 0 Å². The summed E-state index contributed by atoms with van der Waals surface area (Å²) in [5.74, 6) is 0.171. The Bertz CT molecular complexity index is 1020. The Labute approximate surface area is 173 Å². The molecule has 152 valence electrons. The van der Waals surface area contributed by atoms with Crippen LogP contribution in [0.3, 0.4) is 0 Å². The highest BCUT2D eigenvalue weighted by atomic mass is 32.2. The first kappa shape index (κ1) is 21.2. The molecule has 0 heterocycles. The average molecular weight is 409 g/mol. The molecule has 0 aromatic heterocycles. The van der Waals surface area contributed by atoms with Crippen molar-refractivity contribution in [2.24, 2.45) is 5.73 Å². The Kier molecular flexibility index (Phi) is 6.85. The molecule has 29 heavy (non-hydrogen) atoms. The lowest BCUT2D eigenvalue weighted by molar-refractivity contribution is 0.503. The molecule has 0 radical (unpaired) electrons. The van der Waals surface area contributed by atoms with Crippen LogP contribution < -0.4 is 10.5 Å². The molecule has 2 atom stereocenters. The molecule has 2 unspecified atom stereocenters.